The van der Waals surface area contributed by atoms with E-state index in [0.717, 1.165) is 13.1 Å². The minimum Gasteiger partial charge on any atom is -0.378 e. The van der Waals surface area contributed by atoms with Crippen molar-refractivity contribution in [3.05, 3.63) is 29.8 Å². The van der Waals surface area contributed by atoms with Crippen LogP contribution < -0.4 is 10.2 Å². The Hall–Kier alpha value is -1.02. The predicted molar refractivity (Wildman–Crippen MR) is 85.9 cm³/mol. The van der Waals surface area contributed by atoms with Gasteiger partial charge >= 0.3 is 0 Å². The predicted octanol–water partition coefficient (Wildman–Crippen LogP) is 4.20. The number of hydrogen-bond acceptors (Lipinski definition) is 2. The van der Waals surface area contributed by atoms with Crippen LogP contribution in [0, 0.1) is 0 Å². The second-order valence-electron chi connectivity index (χ2n) is 5.51. The van der Waals surface area contributed by atoms with Gasteiger partial charge in [0.15, 0.2) is 0 Å². The minimum atomic E-state index is 0.989. The van der Waals surface area contributed by atoms with Crippen LogP contribution in [0.2, 0.25) is 0 Å². The quantitative estimate of drug-likeness (QED) is 0.636. The molecule has 0 saturated heterocycles. The van der Waals surface area contributed by atoms with E-state index in [1.807, 2.05) is 0 Å². The molecule has 0 aliphatic heterocycles. The van der Waals surface area contributed by atoms with Gasteiger partial charge in [0.25, 0.3) is 0 Å². The molecule has 0 amide bonds. The van der Waals surface area contributed by atoms with Gasteiger partial charge in [0.2, 0.25) is 0 Å². The van der Waals surface area contributed by atoms with Crippen molar-refractivity contribution in [2.45, 2.75) is 52.0 Å². The molecule has 0 bridgehead atoms. The van der Waals surface area contributed by atoms with Crippen LogP contribution in [0.25, 0.3) is 0 Å². The Balaban J connectivity index is 2.06. The minimum absolute atomic E-state index is 0.989. The standard InChI is InChI=1S/C17H30N2/c1-4-5-6-7-8-9-14-18-15-16-10-12-17(13-11-16)19(2)3/h10-13,18H,4-9,14-15H2,1-3H3. The van der Waals surface area contributed by atoms with Crippen molar-refractivity contribution >= 4 is 5.69 Å². The Morgan fingerprint density at radius 2 is 1.53 bits per heavy atom. The number of anilines is 1. The third kappa shape index (κ3) is 7.22. The van der Waals surface area contributed by atoms with Gasteiger partial charge in [-0.2, -0.15) is 0 Å². The van der Waals surface area contributed by atoms with Gasteiger partial charge in [0.1, 0.15) is 0 Å². The number of nitrogens with zero attached hydrogens (tertiary/aromatic N) is 1. The normalized spacial score (nSPS) is 10.7. The van der Waals surface area contributed by atoms with Gasteiger partial charge in [-0.1, -0.05) is 51.2 Å². The molecule has 2 nitrogen and oxygen atoms in total. The lowest BCUT2D eigenvalue weighted by Crippen LogP contribution is -2.15. The monoisotopic (exact) mass is 262 g/mol. The molecule has 19 heavy (non-hydrogen) atoms. The smallest absolute Gasteiger partial charge is 0.0361 e. The van der Waals surface area contributed by atoms with E-state index in [4.69, 9.17) is 0 Å². The highest BCUT2D eigenvalue weighted by atomic mass is 15.1. The van der Waals surface area contributed by atoms with Crippen LogP contribution in [0.1, 0.15) is 51.0 Å². The van der Waals surface area contributed by atoms with Crippen LogP contribution in [0.4, 0.5) is 5.69 Å². The Morgan fingerprint density at radius 3 is 2.16 bits per heavy atom. The average Bonchev–Trinajstić information content (AvgIpc) is 2.42. The van der Waals surface area contributed by atoms with Crippen molar-refractivity contribution in [1.82, 2.24) is 5.32 Å². The Morgan fingerprint density at radius 1 is 0.895 bits per heavy atom. The molecule has 0 unspecified atom stereocenters. The topological polar surface area (TPSA) is 15.3 Å². The Kier molecular flexibility index (Phi) is 8.31. The highest BCUT2D eigenvalue weighted by molar-refractivity contribution is 5.45. The van der Waals surface area contributed by atoms with E-state index < -0.39 is 0 Å². The summed E-state index contributed by atoms with van der Waals surface area (Å²) in [5.41, 5.74) is 2.64. The maximum absolute atomic E-state index is 3.53. The first-order valence-electron chi connectivity index (χ1n) is 7.71. The van der Waals surface area contributed by atoms with Crippen molar-refractivity contribution in [3.63, 3.8) is 0 Å². The fourth-order valence-corrected chi connectivity index (χ4v) is 2.17. The summed E-state index contributed by atoms with van der Waals surface area (Å²) in [4.78, 5) is 2.13. The lowest BCUT2D eigenvalue weighted by atomic mass is 10.1. The van der Waals surface area contributed by atoms with Crippen LogP contribution in [0.3, 0.4) is 0 Å². The van der Waals surface area contributed by atoms with Gasteiger partial charge in [-0.25, -0.2) is 0 Å². The molecule has 0 saturated carbocycles. The second-order valence-corrected chi connectivity index (χ2v) is 5.51. The molecular weight excluding hydrogens is 232 g/mol. The summed E-state index contributed by atoms with van der Waals surface area (Å²) >= 11 is 0. The van der Waals surface area contributed by atoms with E-state index in [2.05, 4.69) is 55.5 Å². The molecule has 1 aromatic carbocycles. The third-order valence-electron chi connectivity index (χ3n) is 3.49. The molecule has 0 aliphatic rings. The number of nitrogens with one attached hydrogen (secondary N) is 1. The van der Waals surface area contributed by atoms with E-state index in [9.17, 15) is 0 Å². The number of benzene rings is 1. The largest absolute Gasteiger partial charge is 0.378 e. The molecular formula is C17H30N2. The van der Waals surface area contributed by atoms with Gasteiger partial charge in [-0.05, 0) is 30.7 Å². The lowest BCUT2D eigenvalue weighted by molar-refractivity contribution is 0.572. The van der Waals surface area contributed by atoms with Crippen LogP contribution in [-0.4, -0.2) is 20.6 Å². The zero-order valence-corrected chi connectivity index (χ0v) is 12.9. The van der Waals surface area contributed by atoms with Gasteiger partial charge in [-0.3, -0.25) is 0 Å². The molecule has 0 aromatic heterocycles. The van der Waals surface area contributed by atoms with Crippen LogP contribution in [-0.2, 0) is 6.54 Å². The highest BCUT2D eigenvalue weighted by Crippen LogP contribution is 2.12. The SMILES string of the molecule is CCCCCCCCNCc1ccc(N(C)C)cc1. The van der Waals surface area contributed by atoms with Crippen molar-refractivity contribution in [1.29, 1.82) is 0 Å². The fourth-order valence-electron chi connectivity index (χ4n) is 2.17. The molecule has 0 heterocycles. The highest BCUT2D eigenvalue weighted by Gasteiger charge is 1.96. The molecule has 0 fully saturated rings. The Labute approximate surface area is 119 Å². The molecule has 1 rings (SSSR count). The van der Waals surface area contributed by atoms with Crippen molar-refractivity contribution in [2.75, 3.05) is 25.5 Å². The Bertz CT molecular complexity index is 317. The maximum Gasteiger partial charge on any atom is 0.0361 e. The first-order chi connectivity index (χ1) is 9.24. The van der Waals surface area contributed by atoms with Crippen LogP contribution in [0.15, 0.2) is 24.3 Å². The summed E-state index contributed by atoms with van der Waals surface area (Å²) < 4.78 is 0. The molecule has 0 radical (unpaired) electrons. The second kappa shape index (κ2) is 9.85. The molecule has 2 heteroatoms. The van der Waals surface area contributed by atoms with Gasteiger partial charge in [0.05, 0.1) is 0 Å². The number of unbranched alkanes of at least 4 members (excludes halogenated alkanes) is 5. The first kappa shape index (κ1) is 16.0. The number of rotatable bonds is 10. The van der Waals surface area contributed by atoms with E-state index in [1.54, 1.807) is 0 Å². The average molecular weight is 262 g/mol. The zero-order chi connectivity index (χ0) is 13.9. The molecule has 0 aliphatic carbocycles. The van der Waals surface area contributed by atoms with Crippen LogP contribution in [0.5, 0.6) is 0 Å². The molecule has 1 N–H and O–H groups in total. The molecule has 0 spiro atoms. The van der Waals surface area contributed by atoms with Crippen molar-refractivity contribution in [2.24, 2.45) is 0 Å². The van der Waals surface area contributed by atoms with E-state index in [-0.39, 0.29) is 0 Å². The van der Waals surface area contributed by atoms with Crippen molar-refractivity contribution < 1.29 is 0 Å². The van der Waals surface area contributed by atoms with Gasteiger partial charge in [-0.15, -0.1) is 0 Å². The summed E-state index contributed by atoms with van der Waals surface area (Å²) in [5.74, 6) is 0. The van der Waals surface area contributed by atoms with E-state index >= 15 is 0 Å². The summed E-state index contributed by atoms with van der Waals surface area (Å²) in [6.07, 6.45) is 8.20. The third-order valence-corrected chi connectivity index (χ3v) is 3.49. The number of hydrogen-bond donors (Lipinski definition) is 1. The van der Waals surface area contributed by atoms with Gasteiger partial charge in [0, 0.05) is 26.3 Å². The zero-order valence-electron chi connectivity index (χ0n) is 12.9. The summed E-state index contributed by atoms with van der Waals surface area (Å²) in [6.45, 7) is 4.40. The summed E-state index contributed by atoms with van der Waals surface area (Å²) in [5, 5.41) is 3.53. The van der Waals surface area contributed by atoms with E-state index in [1.165, 1.54) is 49.8 Å². The summed E-state index contributed by atoms with van der Waals surface area (Å²) in [6, 6.07) is 8.79. The molecule has 108 valence electrons. The van der Waals surface area contributed by atoms with Crippen molar-refractivity contribution in [3.8, 4) is 0 Å². The first-order valence-corrected chi connectivity index (χ1v) is 7.71. The van der Waals surface area contributed by atoms with Gasteiger partial charge < -0.3 is 10.2 Å². The maximum atomic E-state index is 3.53. The fraction of sp³-hybridized carbons (Fsp3) is 0.647. The van der Waals surface area contributed by atoms with Crippen LogP contribution >= 0.6 is 0 Å². The molecule has 1 aromatic rings. The van der Waals surface area contributed by atoms with E-state index in [0.29, 0.717) is 0 Å². The summed E-state index contributed by atoms with van der Waals surface area (Å²) in [7, 11) is 4.15. The molecule has 0 atom stereocenters. The lowest BCUT2D eigenvalue weighted by Gasteiger charge is -2.12.